The lowest BCUT2D eigenvalue weighted by molar-refractivity contribution is -0.117. The molecule has 0 saturated heterocycles. The van der Waals surface area contributed by atoms with Crippen LogP contribution in [0.2, 0.25) is 5.02 Å². The van der Waals surface area contributed by atoms with Gasteiger partial charge in [0.05, 0.1) is 0 Å². The fourth-order valence-corrected chi connectivity index (χ4v) is 1.48. The molecule has 0 aromatic heterocycles. The van der Waals surface area contributed by atoms with Gasteiger partial charge in [-0.15, -0.1) is 5.11 Å². The number of hydrogen-bond donors (Lipinski definition) is 1. The molecule has 1 aromatic carbocycles. The van der Waals surface area contributed by atoms with Gasteiger partial charge in [0.2, 0.25) is 0 Å². The molecule has 0 spiro atoms. The minimum absolute atomic E-state index is 0.361. The molecule has 2 amide bonds. The summed E-state index contributed by atoms with van der Waals surface area (Å²) in [6, 6.07) is 5.98. The van der Waals surface area contributed by atoms with Crippen LogP contribution < -0.4 is 5.32 Å². The third-order valence-corrected chi connectivity index (χ3v) is 2.30. The minimum atomic E-state index is -0.772. The van der Waals surface area contributed by atoms with E-state index in [1.807, 2.05) is 0 Å². The molecule has 0 aliphatic carbocycles. The Morgan fingerprint density at radius 1 is 1.41 bits per heavy atom. The highest BCUT2D eigenvalue weighted by Gasteiger charge is 2.18. The monoisotopic (exact) mass is 249 g/mol. The Kier molecular flexibility index (Phi) is 3.30. The number of nitrogens with one attached hydrogen (secondary N) is 1. The molecule has 0 radical (unpaired) electrons. The van der Waals surface area contributed by atoms with Crippen LogP contribution in [0.3, 0.4) is 0 Å². The number of halogens is 1. The van der Waals surface area contributed by atoms with Gasteiger partial charge in [0, 0.05) is 16.8 Å². The summed E-state index contributed by atoms with van der Waals surface area (Å²) in [5, 5.41) is 10.0. The highest BCUT2D eigenvalue weighted by atomic mass is 35.5. The van der Waals surface area contributed by atoms with Crippen molar-refractivity contribution in [3.05, 3.63) is 41.4 Å². The van der Waals surface area contributed by atoms with Crippen LogP contribution in [-0.2, 0) is 9.59 Å². The van der Waals surface area contributed by atoms with Gasteiger partial charge >= 0.3 is 0 Å². The molecular weight excluding hydrogens is 242 g/mol. The van der Waals surface area contributed by atoms with Crippen molar-refractivity contribution in [2.75, 3.05) is 5.32 Å². The lowest BCUT2D eigenvalue weighted by Crippen LogP contribution is -2.25. The summed E-state index contributed by atoms with van der Waals surface area (Å²) in [6.45, 7) is 0. The van der Waals surface area contributed by atoms with E-state index in [0.717, 1.165) is 0 Å². The fraction of sp³-hybridized carbons (Fsp3) is 0.0909. The number of hydrogen-bond acceptors (Lipinski definition) is 3. The summed E-state index contributed by atoms with van der Waals surface area (Å²) in [5.41, 5.74) is 0.572. The second-order valence-electron chi connectivity index (χ2n) is 3.36. The van der Waals surface area contributed by atoms with Crippen LogP contribution in [0, 0.1) is 0 Å². The summed E-state index contributed by atoms with van der Waals surface area (Å²) in [4.78, 5) is 22.5. The molecule has 17 heavy (non-hydrogen) atoms. The van der Waals surface area contributed by atoms with Crippen molar-refractivity contribution in [3.63, 3.8) is 0 Å². The van der Waals surface area contributed by atoms with E-state index in [2.05, 4.69) is 15.5 Å². The Morgan fingerprint density at radius 3 is 2.88 bits per heavy atom. The number of carbonyl (C=O) groups is 2. The van der Waals surface area contributed by atoms with E-state index in [1.165, 1.54) is 12.2 Å². The molecule has 0 saturated carbocycles. The van der Waals surface area contributed by atoms with Gasteiger partial charge in [-0.1, -0.05) is 17.7 Å². The highest BCUT2D eigenvalue weighted by Crippen LogP contribution is 2.16. The Balaban J connectivity index is 2.05. The summed E-state index contributed by atoms with van der Waals surface area (Å²) in [7, 11) is 0. The highest BCUT2D eigenvalue weighted by molar-refractivity contribution is 6.30. The quantitative estimate of drug-likeness (QED) is 0.873. The van der Waals surface area contributed by atoms with Crippen molar-refractivity contribution in [1.82, 2.24) is 0 Å². The molecule has 1 heterocycles. The molecule has 0 bridgehead atoms. The SMILES string of the molecule is O=C1C=CC(C(=O)Nc2cccc(Cl)c2)N=N1. The second kappa shape index (κ2) is 4.88. The molecule has 1 aliphatic heterocycles. The maximum Gasteiger partial charge on any atom is 0.287 e. The van der Waals surface area contributed by atoms with Gasteiger partial charge in [0.15, 0.2) is 6.04 Å². The third-order valence-electron chi connectivity index (χ3n) is 2.06. The zero-order chi connectivity index (χ0) is 12.3. The summed E-state index contributed by atoms with van der Waals surface area (Å²) >= 11 is 5.78. The average Bonchev–Trinajstić information content (AvgIpc) is 2.29. The van der Waals surface area contributed by atoms with E-state index >= 15 is 0 Å². The maximum atomic E-state index is 11.7. The van der Waals surface area contributed by atoms with E-state index in [4.69, 9.17) is 11.6 Å². The molecule has 5 nitrogen and oxygen atoms in total. The number of carbonyl (C=O) groups excluding carboxylic acids is 2. The van der Waals surface area contributed by atoms with Crippen molar-refractivity contribution in [3.8, 4) is 0 Å². The van der Waals surface area contributed by atoms with Crippen LogP contribution in [-0.4, -0.2) is 17.9 Å². The average molecular weight is 250 g/mol. The lowest BCUT2D eigenvalue weighted by atomic mass is 10.2. The van der Waals surface area contributed by atoms with Gasteiger partial charge in [-0.05, 0) is 24.3 Å². The Labute approximate surface area is 102 Å². The Hall–Kier alpha value is -2.01. The predicted molar refractivity (Wildman–Crippen MR) is 62.9 cm³/mol. The molecule has 0 fully saturated rings. The molecule has 1 aliphatic rings. The zero-order valence-corrected chi connectivity index (χ0v) is 9.39. The smallest absolute Gasteiger partial charge is 0.287 e. The molecule has 2 rings (SSSR count). The van der Waals surface area contributed by atoms with Crippen molar-refractivity contribution in [2.45, 2.75) is 6.04 Å². The van der Waals surface area contributed by atoms with Crippen LogP contribution in [0.15, 0.2) is 46.6 Å². The molecule has 1 unspecified atom stereocenters. The third kappa shape index (κ3) is 2.98. The number of amides is 2. The second-order valence-corrected chi connectivity index (χ2v) is 3.79. The van der Waals surface area contributed by atoms with Crippen LogP contribution in [0.5, 0.6) is 0 Å². The number of azo groups is 1. The van der Waals surface area contributed by atoms with Crippen molar-refractivity contribution >= 4 is 29.1 Å². The Bertz CT molecular complexity index is 509. The molecular formula is C11H8ClN3O2. The van der Waals surface area contributed by atoms with Gasteiger partial charge in [-0.3, -0.25) is 9.59 Å². The first-order valence-corrected chi connectivity index (χ1v) is 5.22. The minimum Gasteiger partial charge on any atom is -0.324 e. The van der Waals surface area contributed by atoms with E-state index < -0.39 is 11.9 Å². The topological polar surface area (TPSA) is 70.9 Å². The first-order valence-electron chi connectivity index (χ1n) is 4.84. The van der Waals surface area contributed by atoms with Gasteiger partial charge in [-0.2, -0.15) is 5.11 Å². The van der Waals surface area contributed by atoms with E-state index in [-0.39, 0.29) is 5.91 Å². The number of rotatable bonds is 2. The van der Waals surface area contributed by atoms with Crippen molar-refractivity contribution in [1.29, 1.82) is 0 Å². The number of benzene rings is 1. The normalized spacial score (nSPS) is 18.2. The largest absolute Gasteiger partial charge is 0.324 e. The summed E-state index contributed by atoms with van der Waals surface area (Å²) in [5.74, 6) is -0.823. The maximum absolute atomic E-state index is 11.7. The molecule has 86 valence electrons. The zero-order valence-electron chi connectivity index (χ0n) is 8.63. The van der Waals surface area contributed by atoms with E-state index in [0.29, 0.717) is 10.7 Å². The summed E-state index contributed by atoms with van der Waals surface area (Å²) < 4.78 is 0. The van der Waals surface area contributed by atoms with Gasteiger partial charge < -0.3 is 5.32 Å². The molecule has 1 N–H and O–H groups in total. The molecule has 1 atom stereocenters. The first-order chi connectivity index (χ1) is 8.15. The number of nitrogens with zero attached hydrogens (tertiary/aromatic N) is 2. The fourth-order valence-electron chi connectivity index (χ4n) is 1.29. The van der Waals surface area contributed by atoms with E-state index in [1.54, 1.807) is 24.3 Å². The Morgan fingerprint density at radius 2 is 2.24 bits per heavy atom. The van der Waals surface area contributed by atoms with Crippen LogP contribution >= 0.6 is 11.6 Å². The van der Waals surface area contributed by atoms with Gasteiger partial charge in [0.1, 0.15) is 0 Å². The standard InChI is InChI=1S/C11H8ClN3O2/c12-7-2-1-3-8(6-7)13-11(17)9-4-5-10(16)15-14-9/h1-6,9H,(H,13,17). The summed E-state index contributed by atoms with van der Waals surface area (Å²) in [6.07, 6.45) is 2.62. The van der Waals surface area contributed by atoms with Crippen LogP contribution in [0.25, 0.3) is 0 Å². The lowest BCUT2D eigenvalue weighted by Gasteiger charge is -2.09. The first kappa shape index (κ1) is 11.5. The van der Waals surface area contributed by atoms with Crippen LogP contribution in [0.4, 0.5) is 5.69 Å². The number of anilines is 1. The van der Waals surface area contributed by atoms with Crippen LogP contribution in [0.1, 0.15) is 0 Å². The van der Waals surface area contributed by atoms with Crippen molar-refractivity contribution in [2.24, 2.45) is 10.2 Å². The van der Waals surface area contributed by atoms with Gasteiger partial charge in [0.25, 0.3) is 11.8 Å². The van der Waals surface area contributed by atoms with Crippen molar-refractivity contribution < 1.29 is 9.59 Å². The molecule has 6 heteroatoms. The van der Waals surface area contributed by atoms with E-state index in [9.17, 15) is 9.59 Å². The van der Waals surface area contributed by atoms with Gasteiger partial charge in [-0.25, -0.2) is 0 Å². The molecule has 1 aromatic rings. The predicted octanol–water partition coefficient (Wildman–Crippen LogP) is 2.20.